The van der Waals surface area contributed by atoms with Gasteiger partial charge in [0.15, 0.2) is 5.92 Å². The fourth-order valence-corrected chi connectivity index (χ4v) is 1.43. The van der Waals surface area contributed by atoms with E-state index in [1.165, 1.54) is 0 Å². The Morgan fingerprint density at radius 1 is 1.29 bits per heavy atom. The quantitative estimate of drug-likeness (QED) is 0.398. The Labute approximate surface area is 79.4 Å². The van der Waals surface area contributed by atoms with E-state index in [9.17, 15) is 14.9 Å². The molecule has 0 saturated carbocycles. The number of nitrogens with zero attached hydrogens (tertiary/aromatic N) is 1. The average molecular weight is 193 g/mol. The molecule has 0 aromatic heterocycles. The van der Waals surface area contributed by atoms with Gasteiger partial charge in [-0.1, -0.05) is 30.3 Å². The van der Waals surface area contributed by atoms with E-state index in [0.717, 1.165) is 0 Å². The first-order chi connectivity index (χ1) is 6.70. The van der Waals surface area contributed by atoms with Crippen LogP contribution in [0.4, 0.5) is 0 Å². The van der Waals surface area contributed by atoms with Gasteiger partial charge in [0.1, 0.15) is 0 Å². The summed E-state index contributed by atoms with van der Waals surface area (Å²) in [5.41, 5.74) is 0.630. The molecule has 14 heavy (non-hydrogen) atoms. The van der Waals surface area contributed by atoms with Gasteiger partial charge in [-0.3, -0.25) is 14.9 Å². The van der Waals surface area contributed by atoms with Crippen molar-refractivity contribution in [2.75, 3.05) is 0 Å². The minimum Gasteiger partial charge on any atom is -0.396 e. The Kier molecular flexibility index (Phi) is 1.92. The summed E-state index contributed by atoms with van der Waals surface area (Å²) in [5.74, 6) is -1.27. The van der Waals surface area contributed by atoms with Gasteiger partial charge in [-0.15, -0.1) is 0 Å². The van der Waals surface area contributed by atoms with Crippen molar-refractivity contribution in [2.45, 2.75) is 12.1 Å². The number of nitro groups is 1. The van der Waals surface area contributed by atoms with Crippen LogP contribution >= 0.6 is 0 Å². The number of cyclic esters (lactones) is 1. The van der Waals surface area contributed by atoms with Crippen LogP contribution < -0.4 is 0 Å². The van der Waals surface area contributed by atoms with Crippen LogP contribution in [0.2, 0.25) is 0 Å². The summed E-state index contributed by atoms with van der Waals surface area (Å²) in [4.78, 5) is 20.9. The molecule has 1 fully saturated rings. The first kappa shape index (κ1) is 8.68. The van der Waals surface area contributed by atoms with E-state index in [1.807, 2.05) is 0 Å². The fraction of sp³-hybridized carbons (Fsp3) is 0.222. The molecule has 2 unspecified atom stereocenters. The van der Waals surface area contributed by atoms with Crippen molar-refractivity contribution in [3.63, 3.8) is 0 Å². The van der Waals surface area contributed by atoms with Crippen LogP contribution in [-0.4, -0.2) is 17.1 Å². The minimum absolute atomic E-state index is 0.530. The highest BCUT2D eigenvalue weighted by Gasteiger charge is 2.52. The van der Waals surface area contributed by atoms with E-state index in [0.29, 0.717) is 5.56 Å². The predicted octanol–water partition coefficient (Wildman–Crippen LogP) is 0.930. The van der Waals surface area contributed by atoms with Crippen molar-refractivity contribution in [1.82, 2.24) is 0 Å². The second-order valence-corrected chi connectivity index (χ2v) is 3.00. The van der Waals surface area contributed by atoms with Gasteiger partial charge in [-0.2, -0.15) is 0 Å². The third kappa shape index (κ3) is 1.22. The number of carbonyl (C=O) groups excluding carboxylic acids is 1. The molecule has 72 valence electrons. The lowest BCUT2D eigenvalue weighted by Gasteiger charge is -2.27. The first-order valence-corrected chi connectivity index (χ1v) is 4.09. The van der Waals surface area contributed by atoms with Gasteiger partial charge >= 0.3 is 12.2 Å². The van der Waals surface area contributed by atoms with Gasteiger partial charge < -0.3 is 4.74 Å². The summed E-state index contributed by atoms with van der Waals surface area (Å²) in [7, 11) is 0. The highest BCUT2D eigenvalue weighted by atomic mass is 16.7. The van der Waals surface area contributed by atoms with E-state index < -0.39 is 23.0 Å². The Balaban J connectivity index is 2.26. The Hall–Kier alpha value is -1.91. The number of hydrogen-bond donors (Lipinski definition) is 0. The lowest BCUT2D eigenvalue weighted by atomic mass is 9.94. The van der Waals surface area contributed by atoms with E-state index in [4.69, 9.17) is 0 Å². The SMILES string of the molecule is O=C1OC([N+](=O)[O-])C1c1ccccc1. The van der Waals surface area contributed by atoms with Gasteiger partial charge in [-0.05, 0) is 5.56 Å². The molecule has 5 heteroatoms. The van der Waals surface area contributed by atoms with E-state index in [1.54, 1.807) is 30.3 Å². The molecular formula is C9H7NO4. The molecule has 0 aliphatic carbocycles. The zero-order valence-electron chi connectivity index (χ0n) is 7.12. The highest BCUT2D eigenvalue weighted by Crippen LogP contribution is 2.32. The minimum atomic E-state index is -1.22. The van der Waals surface area contributed by atoms with Gasteiger partial charge in [0.2, 0.25) is 0 Å². The molecule has 1 saturated heterocycles. The van der Waals surface area contributed by atoms with Crippen LogP contribution in [0.25, 0.3) is 0 Å². The van der Waals surface area contributed by atoms with E-state index >= 15 is 0 Å². The van der Waals surface area contributed by atoms with Crippen molar-refractivity contribution < 1.29 is 14.5 Å². The van der Waals surface area contributed by atoms with Crippen molar-refractivity contribution in [1.29, 1.82) is 0 Å². The first-order valence-electron chi connectivity index (χ1n) is 4.09. The van der Waals surface area contributed by atoms with Crippen LogP contribution in [0.15, 0.2) is 30.3 Å². The molecule has 0 radical (unpaired) electrons. The summed E-state index contributed by atoms with van der Waals surface area (Å²) in [6, 6.07) is 8.62. The molecule has 2 atom stereocenters. The third-order valence-electron chi connectivity index (χ3n) is 2.14. The summed E-state index contributed by atoms with van der Waals surface area (Å²) in [6.45, 7) is 0. The maximum absolute atomic E-state index is 11.0. The van der Waals surface area contributed by atoms with Crippen LogP contribution in [0.1, 0.15) is 11.5 Å². The van der Waals surface area contributed by atoms with E-state index in [-0.39, 0.29) is 0 Å². The summed E-state index contributed by atoms with van der Waals surface area (Å²) < 4.78 is 4.43. The van der Waals surface area contributed by atoms with Gasteiger partial charge in [0.05, 0.1) is 4.92 Å². The summed E-state index contributed by atoms with van der Waals surface area (Å²) in [6.07, 6.45) is -1.22. The second kappa shape index (κ2) is 3.10. The molecule has 0 bridgehead atoms. The standard InChI is InChI=1S/C9H7NO4/c11-9-7(8(14-9)10(12)13)6-4-2-1-3-5-6/h1-5,7-8H. The topological polar surface area (TPSA) is 69.4 Å². The maximum Gasteiger partial charge on any atom is 0.373 e. The molecular weight excluding hydrogens is 186 g/mol. The fourth-order valence-electron chi connectivity index (χ4n) is 1.43. The molecule has 1 aromatic carbocycles. The molecule has 5 nitrogen and oxygen atoms in total. The molecule has 1 aromatic rings. The monoisotopic (exact) mass is 193 g/mol. The molecule has 1 aliphatic rings. The summed E-state index contributed by atoms with van der Waals surface area (Å²) in [5, 5.41) is 10.4. The molecule has 2 rings (SSSR count). The lowest BCUT2D eigenvalue weighted by molar-refractivity contribution is -0.585. The van der Waals surface area contributed by atoms with Crippen molar-refractivity contribution >= 4 is 5.97 Å². The Bertz CT molecular complexity index is 376. The predicted molar refractivity (Wildman–Crippen MR) is 46.1 cm³/mol. The molecule has 0 amide bonds. The van der Waals surface area contributed by atoms with Crippen LogP contribution in [-0.2, 0) is 9.53 Å². The normalized spacial score (nSPS) is 25.0. The van der Waals surface area contributed by atoms with Crippen LogP contribution in [0.3, 0.4) is 0 Å². The highest BCUT2D eigenvalue weighted by molar-refractivity contribution is 5.83. The van der Waals surface area contributed by atoms with Crippen molar-refractivity contribution in [3.8, 4) is 0 Å². The van der Waals surface area contributed by atoms with Gasteiger partial charge in [-0.25, -0.2) is 0 Å². The largest absolute Gasteiger partial charge is 0.396 e. The molecule has 1 heterocycles. The van der Waals surface area contributed by atoms with Gasteiger partial charge in [0.25, 0.3) is 0 Å². The summed E-state index contributed by atoms with van der Waals surface area (Å²) >= 11 is 0. The van der Waals surface area contributed by atoms with E-state index in [2.05, 4.69) is 4.74 Å². The lowest BCUT2D eigenvalue weighted by Crippen LogP contribution is -2.47. The van der Waals surface area contributed by atoms with Crippen LogP contribution in [0, 0.1) is 10.1 Å². The zero-order valence-corrected chi connectivity index (χ0v) is 7.12. The third-order valence-corrected chi connectivity index (χ3v) is 2.14. The van der Waals surface area contributed by atoms with Crippen LogP contribution in [0.5, 0.6) is 0 Å². The van der Waals surface area contributed by atoms with Crippen molar-refractivity contribution in [3.05, 3.63) is 46.0 Å². The average Bonchev–Trinajstić information content (AvgIpc) is 2.15. The van der Waals surface area contributed by atoms with Gasteiger partial charge in [0, 0.05) is 0 Å². The molecule has 1 aliphatic heterocycles. The number of ether oxygens (including phenoxy) is 1. The second-order valence-electron chi connectivity index (χ2n) is 3.00. The zero-order chi connectivity index (χ0) is 10.1. The Morgan fingerprint density at radius 2 is 1.93 bits per heavy atom. The Morgan fingerprint density at radius 3 is 2.43 bits per heavy atom. The molecule has 0 N–H and O–H groups in total. The van der Waals surface area contributed by atoms with Crippen molar-refractivity contribution in [2.24, 2.45) is 0 Å². The number of esters is 1. The number of benzene rings is 1. The molecule has 0 spiro atoms. The number of carbonyl (C=O) groups is 1. The maximum atomic E-state index is 11.0. The number of rotatable bonds is 2. The smallest absolute Gasteiger partial charge is 0.373 e. The number of hydrogen-bond acceptors (Lipinski definition) is 4.